The van der Waals surface area contributed by atoms with Crippen LogP contribution in [0.3, 0.4) is 0 Å². The van der Waals surface area contributed by atoms with Gasteiger partial charge in [0.2, 0.25) is 0 Å². The zero-order valence-electron chi connectivity index (χ0n) is 19.0. The maximum Gasteiger partial charge on any atom is 0.253 e. The van der Waals surface area contributed by atoms with Crippen molar-refractivity contribution in [3.8, 4) is 0 Å². The monoisotopic (exact) mass is 485 g/mol. The lowest BCUT2D eigenvalue weighted by atomic mass is 9.84. The third kappa shape index (κ3) is 4.96. The number of fused-ring (bicyclic) bond motifs is 1. The summed E-state index contributed by atoms with van der Waals surface area (Å²) in [5.74, 6) is 0.0237. The van der Waals surface area contributed by atoms with E-state index < -0.39 is 10.9 Å². The van der Waals surface area contributed by atoms with Crippen LogP contribution in [0.5, 0.6) is 0 Å². The Kier molecular flexibility index (Phi) is 7.42. The fraction of sp³-hybridized carbons (Fsp3) is 0.385. The van der Waals surface area contributed by atoms with Crippen molar-refractivity contribution in [1.29, 1.82) is 0 Å². The maximum absolute atomic E-state index is 12.4. The number of nitrogens with one attached hydrogen (secondary N) is 2. The quantitative estimate of drug-likeness (QED) is 0.291. The van der Waals surface area contributed by atoms with E-state index in [1.807, 2.05) is 30.3 Å². The predicted octanol–water partition coefficient (Wildman–Crippen LogP) is 5.90. The molecule has 1 heterocycles. The SMILES string of the molecule is CCCCCCNc1c(Nc2ccccc2C2CN(C)Cc3c(Cl)cc(Cl)cc32)c(=O)c1=O. The maximum atomic E-state index is 12.4. The molecule has 4 rings (SSSR count). The molecule has 0 radical (unpaired) electrons. The van der Waals surface area contributed by atoms with E-state index in [1.54, 1.807) is 6.07 Å². The summed E-state index contributed by atoms with van der Waals surface area (Å²) in [6.07, 6.45) is 4.39. The molecule has 0 aromatic heterocycles. The number of anilines is 3. The molecule has 0 aliphatic carbocycles. The minimum atomic E-state index is -0.479. The van der Waals surface area contributed by atoms with Crippen molar-refractivity contribution in [2.75, 3.05) is 30.8 Å². The van der Waals surface area contributed by atoms with Crippen molar-refractivity contribution in [3.05, 3.63) is 83.6 Å². The molecule has 33 heavy (non-hydrogen) atoms. The van der Waals surface area contributed by atoms with Gasteiger partial charge in [0.15, 0.2) is 0 Å². The molecule has 1 atom stereocenters. The highest BCUT2D eigenvalue weighted by Gasteiger charge is 2.29. The highest BCUT2D eigenvalue weighted by atomic mass is 35.5. The van der Waals surface area contributed by atoms with E-state index >= 15 is 0 Å². The van der Waals surface area contributed by atoms with Crippen LogP contribution in [0.1, 0.15) is 55.2 Å². The molecular formula is C26H29Cl2N3O2. The van der Waals surface area contributed by atoms with Gasteiger partial charge in [-0.1, -0.05) is 67.6 Å². The van der Waals surface area contributed by atoms with Crippen molar-refractivity contribution in [2.24, 2.45) is 0 Å². The summed E-state index contributed by atoms with van der Waals surface area (Å²) in [5.41, 5.74) is 3.80. The molecule has 174 valence electrons. The summed E-state index contributed by atoms with van der Waals surface area (Å²) < 4.78 is 0. The van der Waals surface area contributed by atoms with Gasteiger partial charge in [-0.25, -0.2) is 0 Å². The molecule has 3 aromatic rings. The second-order valence-electron chi connectivity index (χ2n) is 8.81. The number of hydrogen-bond donors (Lipinski definition) is 2. The van der Waals surface area contributed by atoms with Gasteiger partial charge in [-0.05, 0) is 48.4 Å². The first-order valence-corrected chi connectivity index (χ1v) is 12.3. The minimum absolute atomic E-state index is 0.0237. The number of nitrogens with zero attached hydrogens (tertiary/aromatic N) is 1. The molecule has 7 heteroatoms. The number of likely N-dealkylation sites (N-methyl/N-ethyl adjacent to an activating group) is 1. The Morgan fingerprint density at radius 2 is 1.76 bits per heavy atom. The first kappa shape index (κ1) is 23.8. The summed E-state index contributed by atoms with van der Waals surface area (Å²) in [6.45, 7) is 4.38. The Morgan fingerprint density at radius 1 is 1.00 bits per heavy atom. The zero-order chi connectivity index (χ0) is 23.5. The lowest BCUT2D eigenvalue weighted by Gasteiger charge is -2.34. The van der Waals surface area contributed by atoms with Crippen LogP contribution in [0.2, 0.25) is 10.0 Å². The lowest BCUT2D eigenvalue weighted by molar-refractivity contribution is 0.295. The van der Waals surface area contributed by atoms with E-state index in [9.17, 15) is 9.59 Å². The Morgan fingerprint density at radius 3 is 2.55 bits per heavy atom. The van der Waals surface area contributed by atoms with Gasteiger partial charge in [-0.2, -0.15) is 0 Å². The lowest BCUT2D eigenvalue weighted by Crippen LogP contribution is -2.37. The van der Waals surface area contributed by atoms with Gasteiger partial charge >= 0.3 is 0 Å². The molecule has 5 nitrogen and oxygen atoms in total. The third-order valence-corrected chi connectivity index (χ3v) is 6.89. The van der Waals surface area contributed by atoms with Crippen molar-refractivity contribution in [2.45, 2.75) is 45.1 Å². The highest BCUT2D eigenvalue weighted by molar-refractivity contribution is 6.35. The summed E-state index contributed by atoms with van der Waals surface area (Å²) >= 11 is 12.9. The van der Waals surface area contributed by atoms with E-state index in [4.69, 9.17) is 23.2 Å². The number of benzene rings is 2. The average molecular weight is 486 g/mol. The number of rotatable bonds is 9. The van der Waals surface area contributed by atoms with Crippen LogP contribution >= 0.6 is 23.2 Å². The largest absolute Gasteiger partial charge is 0.380 e. The van der Waals surface area contributed by atoms with E-state index in [-0.39, 0.29) is 5.92 Å². The van der Waals surface area contributed by atoms with Crippen LogP contribution in [0.4, 0.5) is 17.1 Å². The van der Waals surface area contributed by atoms with Crippen LogP contribution in [-0.4, -0.2) is 25.0 Å². The van der Waals surface area contributed by atoms with Crippen LogP contribution in [0, 0.1) is 0 Å². The highest BCUT2D eigenvalue weighted by Crippen LogP contribution is 2.41. The molecule has 1 unspecified atom stereocenters. The van der Waals surface area contributed by atoms with Crippen molar-refractivity contribution >= 4 is 40.3 Å². The van der Waals surface area contributed by atoms with Gasteiger partial charge in [0.05, 0.1) is 0 Å². The fourth-order valence-corrected chi connectivity index (χ4v) is 5.17. The first-order chi connectivity index (χ1) is 15.9. The zero-order valence-corrected chi connectivity index (χ0v) is 20.5. The molecule has 0 saturated carbocycles. The Hall–Kier alpha value is -2.34. The molecule has 1 aliphatic heterocycles. The molecule has 0 amide bonds. The van der Waals surface area contributed by atoms with Crippen LogP contribution < -0.4 is 21.5 Å². The summed E-state index contributed by atoms with van der Waals surface area (Å²) in [4.78, 5) is 26.8. The second-order valence-corrected chi connectivity index (χ2v) is 9.66. The number of hydrogen-bond acceptors (Lipinski definition) is 5. The average Bonchev–Trinajstić information content (AvgIpc) is 2.80. The minimum Gasteiger partial charge on any atom is -0.380 e. The third-order valence-electron chi connectivity index (χ3n) is 6.33. The Balaban J connectivity index is 1.63. The van der Waals surface area contributed by atoms with E-state index in [1.165, 1.54) is 0 Å². The van der Waals surface area contributed by atoms with Gasteiger partial charge in [0.1, 0.15) is 11.4 Å². The van der Waals surface area contributed by atoms with Gasteiger partial charge in [0.25, 0.3) is 10.9 Å². The standard InChI is InChI=1S/C26H29Cl2N3O2/c1-3-4-5-8-11-29-23-24(26(33)25(23)32)30-22-10-7-6-9-17(22)19-14-31(2)15-20-18(19)12-16(27)13-21(20)28/h6-7,9-10,12-13,19,29-30H,3-5,8,11,14-15H2,1-2H3. The first-order valence-electron chi connectivity index (χ1n) is 11.5. The summed E-state index contributed by atoms with van der Waals surface area (Å²) in [7, 11) is 2.06. The fourth-order valence-electron chi connectivity index (χ4n) is 4.61. The Labute approximate surface area is 204 Å². The summed E-state index contributed by atoms with van der Waals surface area (Å²) in [5, 5.41) is 7.70. The van der Waals surface area contributed by atoms with Crippen LogP contribution in [-0.2, 0) is 6.54 Å². The van der Waals surface area contributed by atoms with Crippen LogP contribution in [0.15, 0.2) is 46.0 Å². The molecule has 2 N–H and O–H groups in total. The molecule has 0 fully saturated rings. The molecule has 0 spiro atoms. The second kappa shape index (κ2) is 10.3. The van der Waals surface area contributed by atoms with Crippen molar-refractivity contribution in [1.82, 2.24) is 4.90 Å². The normalized spacial score (nSPS) is 16.1. The van der Waals surface area contributed by atoms with Gasteiger partial charge in [-0.15, -0.1) is 0 Å². The Bertz CT molecular complexity index is 1220. The topological polar surface area (TPSA) is 61.4 Å². The number of unbranched alkanes of at least 4 members (excludes halogenated alkanes) is 3. The predicted molar refractivity (Wildman–Crippen MR) is 138 cm³/mol. The van der Waals surface area contributed by atoms with Crippen molar-refractivity contribution in [3.63, 3.8) is 0 Å². The molecule has 0 bridgehead atoms. The molecule has 0 saturated heterocycles. The summed E-state index contributed by atoms with van der Waals surface area (Å²) in [6, 6.07) is 11.7. The molecule has 3 aromatic carbocycles. The molecule has 1 aliphatic rings. The van der Waals surface area contributed by atoms with E-state index in [0.717, 1.165) is 61.2 Å². The number of halogens is 2. The van der Waals surface area contributed by atoms with Crippen molar-refractivity contribution < 1.29 is 0 Å². The van der Waals surface area contributed by atoms with Gasteiger partial charge in [0, 0.05) is 41.3 Å². The molecular weight excluding hydrogens is 457 g/mol. The van der Waals surface area contributed by atoms with E-state index in [0.29, 0.717) is 28.0 Å². The van der Waals surface area contributed by atoms with Gasteiger partial charge < -0.3 is 15.5 Å². The smallest absolute Gasteiger partial charge is 0.253 e. The van der Waals surface area contributed by atoms with Gasteiger partial charge in [-0.3, -0.25) is 9.59 Å². The van der Waals surface area contributed by atoms with E-state index in [2.05, 4.69) is 29.5 Å². The van der Waals surface area contributed by atoms with Crippen LogP contribution in [0.25, 0.3) is 0 Å². The number of para-hydroxylation sites is 1.